The molecule has 0 atom stereocenters. The second-order valence-corrected chi connectivity index (χ2v) is 6.14. The molecule has 0 aromatic rings. The van der Waals surface area contributed by atoms with Crippen molar-refractivity contribution >= 4 is 0 Å². The summed E-state index contributed by atoms with van der Waals surface area (Å²) in [5.41, 5.74) is 0. The van der Waals surface area contributed by atoms with Gasteiger partial charge in [-0.2, -0.15) is 5.26 Å². The first-order valence-corrected chi connectivity index (χ1v) is 7.96. The zero-order valence-electron chi connectivity index (χ0n) is 12.1. The second-order valence-electron chi connectivity index (χ2n) is 6.14. The van der Waals surface area contributed by atoms with Crippen molar-refractivity contribution in [1.29, 1.82) is 5.26 Å². The van der Waals surface area contributed by atoms with Gasteiger partial charge in [-0.05, 0) is 32.1 Å². The summed E-state index contributed by atoms with van der Waals surface area (Å²) in [6.45, 7) is 3.97. The van der Waals surface area contributed by atoms with E-state index >= 15 is 0 Å². The molecule has 1 aliphatic heterocycles. The van der Waals surface area contributed by atoms with E-state index in [1.807, 2.05) is 0 Å². The van der Waals surface area contributed by atoms with E-state index in [9.17, 15) is 0 Å². The normalized spacial score (nSPS) is 35.8. The highest BCUT2D eigenvalue weighted by molar-refractivity contribution is 4.88. The summed E-state index contributed by atoms with van der Waals surface area (Å²) in [4.78, 5) is 0. The molecule has 3 nitrogen and oxygen atoms in total. The van der Waals surface area contributed by atoms with Crippen LogP contribution in [0.1, 0.15) is 58.3 Å². The molecule has 1 aliphatic carbocycles. The summed E-state index contributed by atoms with van der Waals surface area (Å²) in [5, 5.41) is 8.91. The van der Waals surface area contributed by atoms with Crippen molar-refractivity contribution in [3.8, 4) is 6.07 Å². The SMILES string of the molecule is CCCCC[C@H]1CO[C@H](C2CCC(C#N)CC2)OC1. The number of ether oxygens (including phenoxy) is 2. The Morgan fingerprint density at radius 1 is 1.05 bits per heavy atom. The summed E-state index contributed by atoms with van der Waals surface area (Å²) in [7, 11) is 0. The van der Waals surface area contributed by atoms with Gasteiger partial charge in [0, 0.05) is 17.8 Å². The van der Waals surface area contributed by atoms with Crippen LogP contribution < -0.4 is 0 Å². The van der Waals surface area contributed by atoms with Gasteiger partial charge in [-0.15, -0.1) is 0 Å². The van der Waals surface area contributed by atoms with Crippen molar-refractivity contribution in [3.63, 3.8) is 0 Å². The van der Waals surface area contributed by atoms with Crippen molar-refractivity contribution in [2.45, 2.75) is 64.6 Å². The molecule has 0 aromatic heterocycles. The smallest absolute Gasteiger partial charge is 0.160 e. The number of unbranched alkanes of at least 4 members (excludes halogenated alkanes) is 2. The van der Waals surface area contributed by atoms with Crippen LogP contribution in [0.2, 0.25) is 0 Å². The molecule has 2 aliphatic rings. The fourth-order valence-electron chi connectivity index (χ4n) is 3.20. The number of hydrogen-bond acceptors (Lipinski definition) is 3. The number of nitriles is 1. The molecule has 0 unspecified atom stereocenters. The molecule has 0 radical (unpaired) electrons. The first kappa shape index (κ1) is 14.8. The molecule has 108 valence electrons. The van der Waals surface area contributed by atoms with E-state index in [-0.39, 0.29) is 12.2 Å². The fraction of sp³-hybridized carbons (Fsp3) is 0.938. The molecule has 0 aromatic carbocycles. The van der Waals surface area contributed by atoms with Gasteiger partial charge in [-0.3, -0.25) is 0 Å². The first-order chi connectivity index (χ1) is 9.33. The van der Waals surface area contributed by atoms with Gasteiger partial charge in [0.1, 0.15) is 0 Å². The molecule has 0 amide bonds. The zero-order valence-corrected chi connectivity index (χ0v) is 12.1. The zero-order chi connectivity index (χ0) is 13.5. The molecule has 1 heterocycles. The van der Waals surface area contributed by atoms with Crippen molar-refractivity contribution < 1.29 is 9.47 Å². The number of nitrogens with zero attached hydrogens (tertiary/aromatic N) is 1. The van der Waals surface area contributed by atoms with Crippen LogP contribution in [0.5, 0.6) is 0 Å². The van der Waals surface area contributed by atoms with Crippen LogP contribution in [-0.4, -0.2) is 19.5 Å². The van der Waals surface area contributed by atoms with Crippen LogP contribution in [0.4, 0.5) is 0 Å². The first-order valence-electron chi connectivity index (χ1n) is 7.96. The van der Waals surface area contributed by atoms with E-state index in [2.05, 4.69) is 13.0 Å². The Kier molecular flexibility index (Phi) is 6.13. The van der Waals surface area contributed by atoms with Crippen molar-refractivity contribution in [2.24, 2.45) is 17.8 Å². The van der Waals surface area contributed by atoms with E-state index < -0.39 is 0 Å². The maximum absolute atomic E-state index is 8.91. The van der Waals surface area contributed by atoms with Crippen LogP contribution in [0, 0.1) is 29.1 Å². The third-order valence-corrected chi connectivity index (χ3v) is 4.55. The highest BCUT2D eigenvalue weighted by Crippen LogP contribution is 2.34. The van der Waals surface area contributed by atoms with E-state index in [1.165, 1.54) is 25.7 Å². The lowest BCUT2D eigenvalue weighted by Crippen LogP contribution is -2.38. The van der Waals surface area contributed by atoms with E-state index in [0.717, 1.165) is 38.9 Å². The van der Waals surface area contributed by atoms with Crippen LogP contribution in [0.25, 0.3) is 0 Å². The molecule has 2 rings (SSSR count). The minimum Gasteiger partial charge on any atom is -0.352 e. The minimum absolute atomic E-state index is 0.00191. The van der Waals surface area contributed by atoms with Gasteiger partial charge in [-0.25, -0.2) is 0 Å². The van der Waals surface area contributed by atoms with E-state index in [4.69, 9.17) is 14.7 Å². The molecule has 0 N–H and O–H groups in total. The molecule has 0 bridgehead atoms. The monoisotopic (exact) mass is 265 g/mol. The molecule has 2 fully saturated rings. The maximum Gasteiger partial charge on any atom is 0.160 e. The van der Waals surface area contributed by atoms with Crippen LogP contribution >= 0.6 is 0 Å². The highest BCUT2D eigenvalue weighted by atomic mass is 16.7. The van der Waals surface area contributed by atoms with Crippen molar-refractivity contribution in [1.82, 2.24) is 0 Å². The Hall–Kier alpha value is -0.590. The summed E-state index contributed by atoms with van der Waals surface area (Å²) < 4.78 is 11.8. The summed E-state index contributed by atoms with van der Waals surface area (Å²) in [6, 6.07) is 2.38. The molecule has 19 heavy (non-hydrogen) atoms. The molecule has 0 spiro atoms. The predicted octanol–water partition coefficient (Wildman–Crippen LogP) is 3.89. The molecule has 1 saturated heterocycles. The third kappa shape index (κ3) is 4.47. The summed E-state index contributed by atoms with van der Waals surface area (Å²) in [6.07, 6.45) is 9.34. The fourth-order valence-corrected chi connectivity index (χ4v) is 3.20. The highest BCUT2D eigenvalue weighted by Gasteiger charge is 2.32. The van der Waals surface area contributed by atoms with Gasteiger partial charge in [0.25, 0.3) is 0 Å². The van der Waals surface area contributed by atoms with Gasteiger partial charge in [-0.1, -0.05) is 26.2 Å². The average molecular weight is 265 g/mol. The lowest BCUT2D eigenvalue weighted by molar-refractivity contribution is -0.229. The van der Waals surface area contributed by atoms with Crippen molar-refractivity contribution in [2.75, 3.05) is 13.2 Å². The molecule has 1 saturated carbocycles. The number of hydrogen-bond donors (Lipinski definition) is 0. The Balaban J connectivity index is 1.65. The topological polar surface area (TPSA) is 42.2 Å². The third-order valence-electron chi connectivity index (χ3n) is 4.55. The van der Waals surface area contributed by atoms with Gasteiger partial charge in [0.15, 0.2) is 6.29 Å². The Morgan fingerprint density at radius 3 is 2.32 bits per heavy atom. The van der Waals surface area contributed by atoms with E-state index in [1.54, 1.807) is 0 Å². The summed E-state index contributed by atoms with van der Waals surface area (Å²) >= 11 is 0. The quantitative estimate of drug-likeness (QED) is 0.708. The van der Waals surface area contributed by atoms with Gasteiger partial charge < -0.3 is 9.47 Å². The lowest BCUT2D eigenvalue weighted by Gasteiger charge is -2.36. The molecular formula is C16H27NO2. The van der Waals surface area contributed by atoms with Gasteiger partial charge in [0.05, 0.1) is 19.3 Å². The molecular weight excluding hydrogens is 238 g/mol. The van der Waals surface area contributed by atoms with Crippen molar-refractivity contribution in [3.05, 3.63) is 0 Å². The van der Waals surface area contributed by atoms with Crippen LogP contribution in [-0.2, 0) is 9.47 Å². The minimum atomic E-state index is 0.00191. The molecule has 3 heteroatoms. The summed E-state index contributed by atoms with van der Waals surface area (Å²) in [5.74, 6) is 1.38. The van der Waals surface area contributed by atoms with Crippen LogP contribution in [0.3, 0.4) is 0 Å². The maximum atomic E-state index is 8.91. The second kappa shape index (κ2) is 7.87. The Morgan fingerprint density at radius 2 is 1.74 bits per heavy atom. The van der Waals surface area contributed by atoms with E-state index in [0.29, 0.717) is 11.8 Å². The van der Waals surface area contributed by atoms with Crippen LogP contribution in [0.15, 0.2) is 0 Å². The largest absolute Gasteiger partial charge is 0.352 e. The Labute approximate surface area is 117 Å². The number of rotatable bonds is 5. The average Bonchev–Trinajstić information content (AvgIpc) is 2.48. The predicted molar refractivity (Wildman–Crippen MR) is 74.4 cm³/mol. The lowest BCUT2D eigenvalue weighted by atomic mass is 9.82. The van der Waals surface area contributed by atoms with Gasteiger partial charge >= 0.3 is 0 Å². The standard InChI is InChI=1S/C16H27NO2/c1-2-3-4-5-14-11-18-16(19-12-14)15-8-6-13(10-17)7-9-15/h13-16H,2-9,11-12H2,1H3/t13?,14-,15?,16-. The van der Waals surface area contributed by atoms with Gasteiger partial charge in [0.2, 0.25) is 0 Å². The Bertz CT molecular complexity index is 284.